The lowest BCUT2D eigenvalue weighted by Gasteiger charge is -2.06. The largest absolute Gasteiger partial charge is 0.507 e. The second-order valence-electron chi connectivity index (χ2n) is 7.85. The van der Waals surface area contributed by atoms with E-state index in [9.17, 15) is 13.5 Å². The van der Waals surface area contributed by atoms with Crippen molar-refractivity contribution < 1.29 is 18.1 Å². The van der Waals surface area contributed by atoms with Crippen LogP contribution in [0.15, 0.2) is 23.2 Å². The molecular formula is C23H39NO4S. The zero-order valence-corrected chi connectivity index (χ0v) is 18.8. The van der Waals surface area contributed by atoms with E-state index in [2.05, 4.69) is 11.9 Å². The van der Waals surface area contributed by atoms with Gasteiger partial charge in [-0.15, -0.1) is 0 Å². The SMILES string of the molecule is CCCCCCCCCCCCCCc1ccc(O)c(C=NCCS(=O)(=O)O)c1. The third-order valence-corrected chi connectivity index (χ3v) is 5.82. The van der Waals surface area contributed by atoms with Crippen LogP contribution in [0.1, 0.15) is 95.1 Å². The molecule has 0 unspecified atom stereocenters. The van der Waals surface area contributed by atoms with Gasteiger partial charge in [-0.05, 0) is 30.5 Å². The smallest absolute Gasteiger partial charge is 0.266 e. The lowest BCUT2D eigenvalue weighted by molar-refractivity contribution is 0.474. The predicted molar refractivity (Wildman–Crippen MR) is 122 cm³/mol. The summed E-state index contributed by atoms with van der Waals surface area (Å²) in [5.41, 5.74) is 1.72. The van der Waals surface area contributed by atoms with E-state index in [1.165, 1.54) is 76.8 Å². The van der Waals surface area contributed by atoms with Crippen molar-refractivity contribution in [1.82, 2.24) is 0 Å². The minimum absolute atomic E-state index is 0.0265. The van der Waals surface area contributed by atoms with E-state index < -0.39 is 15.9 Å². The Kier molecular flexibility index (Phi) is 13.7. The van der Waals surface area contributed by atoms with Gasteiger partial charge in [-0.25, -0.2) is 0 Å². The molecule has 0 saturated heterocycles. The summed E-state index contributed by atoms with van der Waals surface area (Å²) in [6.45, 7) is 2.23. The molecule has 0 spiro atoms. The fourth-order valence-electron chi connectivity index (χ4n) is 3.36. The third kappa shape index (κ3) is 14.3. The summed E-state index contributed by atoms with van der Waals surface area (Å²) in [6, 6.07) is 5.47. The summed E-state index contributed by atoms with van der Waals surface area (Å²) < 4.78 is 30.1. The molecule has 0 radical (unpaired) electrons. The van der Waals surface area contributed by atoms with E-state index in [1.807, 2.05) is 12.1 Å². The second-order valence-corrected chi connectivity index (χ2v) is 9.43. The highest BCUT2D eigenvalue weighted by Gasteiger charge is 2.04. The molecule has 0 saturated carbocycles. The number of aliphatic imine (C=N–C) groups is 1. The first-order valence-electron chi connectivity index (χ1n) is 11.2. The number of aromatic hydroxyl groups is 1. The monoisotopic (exact) mass is 425 g/mol. The number of rotatable bonds is 17. The predicted octanol–water partition coefficient (Wildman–Crippen LogP) is 5.94. The van der Waals surface area contributed by atoms with Gasteiger partial charge in [0.05, 0.1) is 12.3 Å². The van der Waals surface area contributed by atoms with Crippen LogP contribution >= 0.6 is 0 Å². The van der Waals surface area contributed by atoms with Crippen molar-refractivity contribution in [2.45, 2.75) is 90.4 Å². The van der Waals surface area contributed by atoms with Crippen LogP contribution in [0.5, 0.6) is 5.75 Å². The standard InChI is InChI=1S/C23H39NO4S/c1-2-3-4-5-6-7-8-9-10-11-12-13-14-21-15-16-23(25)22(19-21)20-24-17-18-29(26,27)28/h15-16,19-20,25H,2-14,17-18H2,1H3,(H,26,27,28). The molecule has 0 aliphatic carbocycles. The zero-order valence-electron chi connectivity index (χ0n) is 18.0. The number of phenolic OH excluding ortho intramolecular Hbond substituents is 1. The summed E-state index contributed by atoms with van der Waals surface area (Å²) in [5, 5.41) is 9.91. The van der Waals surface area contributed by atoms with Gasteiger partial charge in [-0.2, -0.15) is 8.42 Å². The van der Waals surface area contributed by atoms with Crippen molar-refractivity contribution in [3.05, 3.63) is 29.3 Å². The van der Waals surface area contributed by atoms with Crippen LogP contribution in [0.3, 0.4) is 0 Å². The summed E-state index contributed by atoms with van der Waals surface area (Å²) in [4.78, 5) is 3.97. The van der Waals surface area contributed by atoms with Gasteiger partial charge < -0.3 is 5.11 Å². The van der Waals surface area contributed by atoms with Gasteiger partial charge in [-0.1, -0.05) is 83.6 Å². The van der Waals surface area contributed by atoms with Gasteiger partial charge in [0.15, 0.2) is 0 Å². The molecule has 0 atom stereocenters. The highest BCUT2D eigenvalue weighted by molar-refractivity contribution is 7.85. The molecule has 1 aromatic carbocycles. The molecule has 1 aromatic rings. The molecule has 29 heavy (non-hydrogen) atoms. The molecule has 5 nitrogen and oxygen atoms in total. The van der Waals surface area contributed by atoms with E-state index in [1.54, 1.807) is 6.07 Å². The first-order valence-corrected chi connectivity index (χ1v) is 12.8. The normalized spacial score (nSPS) is 12.1. The number of unbranched alkanes of at least 4 members (excludes halogenated alkanes) is 11. The summed E-state index contributed by atoms with van der Waals surface area (Å²) in [5.74, 6) is -0.290. The van der Waals surface area contributed by atoms with Crippen LogP contribution in [-0.4, -0.2) is 36.6 Å². The highest BCUT2D eigenvalue weighted by atomic mass is 32.2. The number of nitrogens with zero attached hydrogens (tertiary/aromatic N) is 1. The van der Waals surface area contributed by atoms with Gasteiger partial charge in [0.25, 0.3) is 10.1 Å². The topological polar surface area (TPSA) is 87.0 Å². The van der Waals surface area contributed by atoms with Crippen molar-refractivity contribution in [3.63, 3.8) is 0 Å². The number of hydrogen-bond donors (Lipinski definition) is 2. The third-order valence-electron chi connectivity index (χ3n) is 5.12. The Labute approximate surface area is 177 Å². The summed E-state index contributed by atoms with van der Waals surface area (Å²) in [6.07, 6.45) is 18.3. The zero-order chi connectivity index (χ0) is 21.4. The second kappa shape index (κ2) is 15.4. The van der Waals surface area contributed by atoms with Gasteiger partial charge in [-0.3, -0.25) is 9.55 Å². The number of aryl methyl sites for hydroxylation is 1. The minimum Gasteiger partial charge on any atom is -0.507 e. The Bertz CT molecular complexity index is 686. The number of benzene rings is 1. The van der Waals surface area contributed by atoms with Crippen molar-refractivity contribution in [2.24, 2.45) is 4.99 Å². The van der Waals surface area contributed by atoms with Crippen molar-refractivity contribution >= 4 is 16.3 Å². The fraction of sp³-hybridized carbons (Fsp3) is 0.696. The van der Waals surface area contributed by atoms with Crippen LogP contribution < -0.4 is 0 Å². The van der Waals surface area contributed by atoms with E-state index in [0.29, 0.717) is 5.56 Å². The first kappa shape index (κ1) is 25.6. The Balaban J connectivity index is 2.16. The molecule has 0 aliphatic rings. The summed E-state index contributed by atoms with van der Waals surface area (Å²) >= 11 is 0. The highest BCUT2D eigenvalue weighted by Crippen LogP contribution is 2.19. The first-order chi connectivity index (χ1) is 13.9. The maximum atomic E-state index is 10.7. The van der Waals surface area contributed by atoms with Crippen molar-refractivity contribution in [1.29, 1.82) is 0 Å². The number of phenols is 1. The quantitative estimate of drug-likeness (QED) is 0.184. The lowest BCUT2D eigenvalue weighted by atomic mass is 10.0. The average Bonchev–Trinajstić information content (AvgIpc) is 2.67. The lowest BCUT2D eigenvalue weighted by Crippen LogP contribution is -2.06. The average molecular weight is 426 g/mol. The molecule has 0 bridgehead atoms. The van der Waals surface area contributed by atoms with Gasteiger partial charge in [0.1, 0.15) is 5.75 Å². The molecule has 1 rings (SSSR count). The van der Waals surface area contributed by atoms with Gasteiger partial charge in [0.2, 0.25) is 0 Å². The van der Waals surface area contributed by atoms with Crippen molar-refractivity contribution in [3.8, 4) is 5.75 Å². The van der Waals surface area contributed by atoms with Gasteiger partial charge >= 0.3 is 0 Å². The Morgan fingerprint density at radius 3 is 2.00 bits per heavy atom. The Morgan fingerprint density at radius 2 is 1.45 bits per heavy atom. The van der Waals surface area contributed by atoms with Crippen LogP contribution in [0.4, 0.5) is 0 Å². The molecule has 6 heteroatoms. The van der Waals surface area contributed by atoms with Crippen LogP contribution in [0.2, 0.25) is 0 Å². The molecule has 0 heterocycles. The van der Waals surface area contributed by atoms with Crippen molar-refractivity contribution in [2.75, 3.05) is 12.3 Å². The summed E-state index contributed by atoms with van der Waals surface area (Å²) in [7, 11) is -4.00. The van der Waals surface area contributed by atoms with E-state index in [0.717, 1.165) is 18.4 Å². The molecule has 166 valence electrons. The van der Waals surface area contributed by atoms with E-state index >= 15 is 0 Å². The molecule has 0 aromatic heterocycles. The molecule has 2 N–H and O–H groups in total. The molecular weight excluding hydrogens is 386 g/mol. The van der Waals surface area contributed by atoms with Gasteiger partial charge in [0, 0.05) is 11.8 Å². The minimum atomic E-state index is -4.00. The Morgan fingerprint density at radius 1 is 0.897 bits per heavy atom. The van der Waals surface area contributed by atoms with Crippen LogP contribution in [0, 0.1) is 0 Å². The maximum absolute atomic E-state index is 10.7. The molecule has 0 amide bonds. The maximum Gasteiger partial charge on any atom is 0.266 e. The molecule has 0 fully saturated rings. The van der Waals surface area contributed by atoms with Crippen LogP contribution in [-0.2, 0) is 16.5 Å². The molecule has 0 aliphatic heterocycles. The van der Waals surface area contributed by atoms with E-state index in [-0.39, 0.29) is 12.3 Å². The Hall–Kier alpha value is -1.40. The fourth-order valence-corrected chi connectivity index (χ4v) is 3.70. The van der Waals surface area contributed by atoms with E-state index in [4.69, 9.17) is 4.55 Å². The van der Waals surface area contributed by atoms with Crippen LogP contribution in [0.25, 0.3) is 0 Å². The number of hydrogen-bond acceptors (Lipinski definition) is 4.